The minimum Gasteiger partial charge on any atom is -0.489 e. The molecule has 1 saturated carbocycles. The Morgan fingerprint density at radius 2 is 2.00 bits per heavy atom. The second-order valence-electron chi connectivity index (χ2n) is 3.60. The summed E-state index contributed by atoms with van der Waals surface area (Å²) in [6.07, 6.45) is 4.97. The molecule has 0 amide bonds. The molecule has 1 aromatic carbocycles. The summed E-state index contributed by atoms with van der Waals surface area (Å²) < 4.78 is 19.7. The summed E-state index contributed by atoms with van der Waals surface area (Å²) in [7, 11) is 0. The second-order valence-corrected chi connectivity index (χ2v) is 4.76. The van der Waals surface area contributed by atoms with Gasteiger partial charge < -0.3 is 4.74 Å². The number of rotatable bonds is 2. The Morgan fingerprint density at radius 3 is 2.71 bits per heavy atom. The quantitative estimate of drug-likeness (QED) is 0.756. The van der Waals surface area contributed by atoms with E-state index in [0.29, 0.717) is 11.9 Å². The lowest BCUT2D eigenvalue weighted by Gasteiger charge is -2.14. The molecule has 0 saturated heterocycles. The third kappa shape index (κ3) is 2.38. The van der Waals surface area contributed by atoms with E-state index in [1.165, 1.54) is 25.0 Å². The van der Waals surface area contributed by atoms with Gasteiger partial charge in [0.05, 0.1) is 9.67 Å². The van der Waals surface area contributed by atoms with Gasteiger partial charge in [0.15, 0.2) is 0 Å². The minimum absolute atomic E-state index is 0.224. The number of halogens is 2. The molecule has 0 N–H and O–H groups in total. The Balaban J connectivity index is 2.10. The van der Waals surface area contributed by atoms with Crippen LogP contribution in [0.25, 0.3) is 0 Å². The fourth-order valence-electron chi connectivity index (χ4n) is 1.75. The number of ether oxygens (including phenoxy) is 1. The lowest BCUT2D eigenvalue weighted by molar-refractivity contribution is 0.207. The molecule has 0 unspecified atom stereocenters. The number of hydrogen-bond acceptors (Lipinski definition) is 1. The smallest absolute Gasteiger partial charge is 0.135 e. The Hall–Kier alpha value is -0.320. The van der Waals surface area contributed by atoms with E-state index in [4.69, 9.17) is 4.74 Å². The molecule has 0 aliphatic heterocycles. The van der Waals surface area contributed by atoms with Crippen LogP contribution in [0.5, 0.6) is 5.75 Å². The van der Waals surface area contributed by atoms with Crippen molar-refractivity contribution in [3.8, 4) is 5.75 Å². The lowest BCUT2D eigenvalue weighted by atomic mass is 10.3. The minimum atomic E-state index is -0.224. The molecule has 0 spiro atoms. The van der Waals surface area contributed by atoms with Crippen LogP contribution < -0.4 is 4.74 Å². The largest absolute Gasteiger partial charge is 0.489 e. The van der Waals surface area contributed by atoms with E-state index in [2.05, 4.69) is 22.6 Å². The zero-order valence-electron chi connectivity index (χ0n) is 7.80. The van der Waals surface area contributed by atoms with E-state index in [0.717, 1.165) is 16.4 Å². The van der Waals surface area contributed by atoms with Crippen molar-refractivity contribution in [2.24, 2.45) is 0 Å². The highest BCUT2D eigenvalue weighted by atomic mass is 127. The predicted octanol–water partition coefficient (Wildman–Crippen LogP) is 3.75. The van der Waals surface area contributed by atoms with Crippen molar-refractivity contribution in [3.05, 3.63) is 27.6 Å². The molecule has 1 aromatic rings. The molecule has 1 aliphatic carbocycles. The fourth-order valence-corrected chi connectivity index (χ4v) is 2.22. The molecule has 1 fully saturated rings. The van der Waals surface area contributed by atoms with E-state index in [9.17, 15) is 4.39 Å². The lowest BCUT2D eigenvalue weighted by Crippen LogP contribution is -2.11. The van der Waals surface area contributed by atoms with Crippen molar-refractivity contribution in [2.45, 2.75) is 31.8 Å². The van der Waals surface area contributed by atoms with Crippen LogP contribution in [0.1, 0.15) is 25.7 Å². The molecule has 0 radical (unpaired) electrons. The van der Waals surface area contributed by atoms with E-state index >= 15 is 0 Å². The molecule has 1 aliphatic rings. The van der Waals surface area contributed by atoms with Gasteiger partial charge in [-0.05, 0) is 60.4 Å². The van der Waals surface area contributed by atoms with Crippen LogP contribution in [0.2, 0.25) is 0 Å². The molecule has 76 valence electrons. The third-order valence-corrected chi connectivity index (χ3v) is 3.38. The molecule has 14 heavy (non-hydrogen) atoms. The zero-order chi connectivity index (χ0) is 9.97. The molecular formula is C11H12FIO. The predicted molar refractivity (Wildman–Crippen MR) is 62.0 cm³/mol. The van der Waals surface area contributed by atoms with Crippen LogP contribution in [-0.2, 0) is 0 Å². The summed E-state index contributed by atoms with van der Waals surface area (Å²) in [6, 6.07) is 4.68. The standard InChI is InChI=1S/C11H12FIO/c12-8-5-6-10(13)11(7-8)14-9-3-1-2-4-9/h5-7,9H,1-4H2. The van der Waals surface area contributed by atoms with Gasteiger partial charge in [-0.25, -0.2) is 4.39 Å². The average molecular weight is 306 g/mol. The molecule has 0 bridgehead atoms. The van der Waals surface area contributed by atoms with Crippen molar-refractivity contribution in [3.63, 3.8) is 0 Å². The summed E-state index contributed by atoms with van der Waals surface area (Å²) in [4.78, 5) is 0. The van der Waals surface area contributed by atoms with Gasteiger partial charge in [0.2, 0.25) is 0 Å². The van der Waals surface area contributed by atoms with Crippen molar-refractivity contribution in [1.82, 2.24) is 0 Å². The van der Waals surface area contributed by atoms with Gasteiger partial charge in [-0.2, -0.15) is 0 Å². The summed E-state index contributed by atoms with van der Waals surface area (Å²) in [5.74, 6) is 0.468. The van der Waals surface area contributed by atoms with Crippen molar-refractivity contribution in [1.29, 1.82) is 0 Å². The Labute approximate surface area is 96.8 Å². The topological polar surface area (TPSA) is 9.23 Å². The van der Waals surface area contributed by atoms with Gasteiger partial charge in [-0.15, -0.1) is 0 Å². The molecular weight excluding hydrogens is 294 g/mol. The van der Waals surface area contributed by atoms with Crippen LogP contribution in [0.4, 0.5) is 4.39 Å². The van der Waals surface area contributed by atoms with E-state index in [1.54, 1.807) is 6.07 Å². The number of hydrogen-bond donors (Lipinski definition) is 0. The van der Waals surface area contributed by atoms with Gasteiger partial charge in [0, 0.05) is 6.07 Å². The maximum absolute atomic E-state index is 12.9. The van der Waals surface area contributed by atoms with Crippen LogP contribution in [0.15, 0.2) is 18.2 Å². The first-order chi connectivity index (χ1) is 6.75. The molecule has 0 heterocycles. The van der Waals surface area contributed by atoms with Gasteiger partial charge in [-0.3, -0.25) is 0 Å². The van der Waals surface area contributed by atoms with Gasteiger partial charge in [-0.1, -0.05) is 0 Å². The summed E-state index contributed by atoms with van der Waals surface area (Å²) >= 11 is 2.17. The van der Waals surface area contributed by atoms with E-state index in [1.807, 2.05) is 0 Å². The molecule has 2 rings (SSSR count). The first-order valence-corrected chi connectivity index (χ1v) is 5.95. The normalized spacial score (nSPS) is 17.3. The third-order valence-electron chi connectivity index (χ3n) is 2.49. The first kappa shape index (κ1) is 10.2. The van der Waals surface area contributed by atoms with Gasteiger partial charge in [0.1, 0.15) is 11.6 Å². The highest BCUT2D eigenvalue weighted by Gasteiger charge is 2.17. The fraction of sp³-hybridized carbons (Fsp3) is 0.455. The van der Waals surface area contributed by atoms with Crippen LogP contribution in [0, 0.1) is 9.39 Å². The zero-order valence-corrected chi connectivity index (χ0v) is 9.96. The van der Waals surface area contributed by atoms with Crippen molar-refractivity contribution in [2.75, 3.05) is 0 Å². The maximum Gasteiger partial charge on any atom is 0.135 e. The summed E-state index contributed by atoms with van der Waals surface area (Å²) in [6.45, 7) is 0. The maximum atomic E-state index is 12.9. The molecule has 1 nitrogen and oxygen atoms in total. The SMILES string of the molecule is Fc1ccc(I)c(OC2CCCC2)c1. The Kier molecular flexibility index (Phi) is 3.26. The summed E-state index contributed by atoms with van der Waals surface area (Å²) in [5, 5.41) is 0. The average Bonchev–Trinajstić information content (AvgIpc) is 2.64. The van der Waals surface area contributed by atoms with Crippen LogP contribution >= 0.6 is 22.6 Å². The van der Waals surface area contributed by atoms with E-state index < -0.39 is 0 Å². The first-order valence-electron chi connectivity index (χ1n) is 4.87. The Bertz CT molecular complexity index is 321. The second kappa shape index (κ2) is 4.47. The van der Waals surface area contributed by atoms with Crippen molar-refractivity contribution >= 4 is 22.6 Å². The summed E-state index contributed by atoms with van der Waals surface area (Å²) in [5.41, 5.74) is 0. The molecule has 0 aromatic heterocycles. The van der Waals surface area contributed by atoms with Crippen LogP contribution in [0.3, 0.4) is 0 Å². The van der Waals surface area contributed by atoms with Crippen molar-refractivity contribution < 1.29 is 9.13 Å². The molecule has 0 atom stereocenters. The van der Waals surface area contributed by atoms with Gasteiger partial charge >= 0.3 is 0 Å². The Morgan fingerprint density at radius 1 is 1.29 bits per heavy atom. The molecule has 3 heteroatoms. The van der Waals surface area contributed by atoms with Crippen LogP contribution in [-0.4, -0.2) is 6.10 Å². The number of benzene rings is 1. The highest BCUT2D eigenvalue weighted by molar-refractivity contribution is 14.1. The van der Waals surface area contributed by atoms with Gasteiger partial charge in [0.25, 0.3) is 0 Å². The monoisotopic (exact) mass is 306 g/mol. The van der Waals surface area contributed by atoms with E-state index in [-0.39, 0.29) is 5.82 Å². The highest BCUT2D eigenvalue weighted by Crippen LogP contribution is 2.28.